The zero-order valence-electron chi connectivity index (χ0n) is 14.9. The highest BCUT2D eigenvalue weighted by Gasteiger charge is 2.33. The molecule has 4 nitrogen and oxygen atoms in total. The zero-order valence-corrected chi connectivity index (χ0v) is 15.7. The number of halogens is 1. The van der Waals surface area contributed by atoms with E-state index in [1.54, 1.807) is 24.3 Å². The van der Waals surface area contributed by atoms with Crippen molar-refractivity contribution in [2.24, 2.45) is 5.92 Å². The lowest BCUT2D eigenvalue weighted by Gasteiger charge is -2.37. The van der Waals surface area contributed by atoms with Gasteiger partial charge in [-0.25, -0.2) is 0 Å². The summed E-state index contributed by atoms with van der Waals surface area (Å²) in [7, 11) is 1.94. The first-order valence-corrected chi connectivity index (χ1v) is 9.75. The van der Waals surface area contributed by atoms with E-state index < -0.39 is 0 Å². The smallest absolute Gasteiger partial charge is 0.253 e. The monoisotopic (exact) mass is 362 g/mol. The van der Waals surface area contributed by atoms with Crippen molar-refractivity contribution in [2.75, 3.05) is 20.1 Å². The van der Waals surface area contributed by atoms with Crippen LogP contribution in [0.3, 0.4) is 0 Å². The van der Waals surface area contributed by atoms with Crippen molar-refractivity contribution in [1.82, 2.24) is 9.80 Å². The summed E-state index contributed by atoms with van der Waals surface area (Å²) in [5.74, 6) is 0.131. The van der Waals surface area contributed by atoms with Gasteiger partial charge in [0.05, 0.1) is 5.92 Å². The standard InChI is InChI=1S/C20H27ClN2O2/c1-22(18-7-3-2-4-8-18)19(24)16-6-5-13-23(14-16)20(25)15-9-11-17(21)12-10-15/h9-12,16,18H,2-8,13-14H2,1H3/t16-/m0/s1. The van der Waals surface area contributed by atoms with E-state index in [1.807, 2.05) is 16.8 Å². The lowest BCUT2D eigenvalue weighted by Crippen LogP contribution is -2.48. The SMILES string of the molecule is CN(C(=O)[C@H]1CCCN(C(=O)c2ccc(Cl)cc2)C1)C1CCCCC1. The largest absolute Gasteiger partial charge is 0.342 e. The van der Waals surface area contributed by atoms with E-state index in [4.69, 9.17) is 11.6 Å². The topological polar surface area (TPSA) is 40.6 Å². The van der Waals surface area contributed by atoms with Gasteiger partial charge in [0, 0.05) is 36.8 Å². The van der Waals surface area contributed by atoms with E-state index in [2.05, 4.69) is 0 Å². The van der Waals surface area contributed by atoms with Crippen LogP contribution in [-0.2, 0) is 4.79 Å². The molecule has 3 rings (SSSR count). The first-order valence-electron chi connectivity index (χ1n) is 9.38. The molecule has 0 bridgehead atoms. The molecule has 2 aliphatic rings. The highest BCUT2D eigenvalue weighted by molar-refractivity contribution is 6.30. The molecule has 1 aliphatic heterocycles. The highest BCUT2D eigenvalue weighted by atomic mass is 35.5. The second-order valence-corrected chi connectivity index (χ2v) is 7.77. The number of likely N-dealkylation sites (tertiary alicyclic amines) is 1. The maximum absolute atomic E-state index is 12.9. The lowest BCUT2D eigenvalue weighted by molar-refractivity contribution is -0.138. The first kappa shape index (κ1) is 18.2. The number of hydrogen-bond donors (Lipinski definition) is 0. The minimum atomic E-state index is -0.0723. The molecule has 2 fully saturated rings. The minimum Gasteiger partial charge on any atom is -0.342 e. The summed E-state index contributed by atoms with van der Waals surface area (Å²) in [6.07, 6.45) is 7.70. The fourth-order valence-electron chi connectivity index (χ4n) is 4.07. The van der Waals surface area contributed by atoms with Crippen LogP contribution in [0, 0.1) is 5.92 Å². The zero-order chi connectivity index (χ0) is 17.8. The summed E-state index contributed by atoms with van der Waals surface area (Å²) < 4.78 is 0. The summed E-state index contributed by atoms with van der Waals surface area (Å²) in [6, 6.07) is 7.36. The van der Waals surface area contributed by atoms with Crippen LogP contribution in [0.5, 0.6) is 0 Å². The molecule has 0 spiro atoms. The first-order chi connectivity index (χ1) is 12.1. The number of amides is 2. The van der Waals surface area contributed by atoms with Gasteiger partial charge in [0.2, 0.25) is 5.91 Å². The van der Waals surface area contributed by atoms with Gasteiger partial charge in [-0.05, 0) is 49.9 Å². The molecular weight excluding hydrogens is 336 g/mol. The molecule has 1 saturated carbocycles. The second-order valence-electron chi connectivity index (χ2n) is 7.34. The molecule has 1 atom stereocenters. The third-order valence-electron chi connectivity index (χ3n) is 5.62. The van der Waals surface area contributed by atoms with Crippen LogP contribution in [0.4, 0.5) is 0 Å². The molecule has 136 valence electrons. The molecule has 0 N–H and O–H groups in total. The summed E-state index contributed by atoms with van der Waals surface area (Å²) in [4.78, 5) is 29.4. The predicted octanol–water partition coefficient (Wildman–Crippen LogP) is 3.98. The van der Waals surface area contributed by atoms with E-state index in [0.29, 0.717) is 23.2 Å². The Kier molecular flexibility index (Phi) is 6.00. The van der Waals surface area contributed by atoms with Crippen molar-refractivity contribution in [1.29, 1.82) is 0 Å². The third kappa shape index (κ3) is 4.35. The van der Waals surface area contributed by atoms with Crippen molar-refractivity contribution in [2.45, 2.75) is 51.0 Å². The molecule has 25 heavy (non-hydrogen) atoms. The van der Waals surface area contributed by atoms with Crippen molar-refractivity contribution in [3.63, 3.8) is 0 Å². The predicted molar refractivity (Wildman–Crippen MR) is 99.7 cm³/mol. The third-order valence-corrected chi connectivity index (χ3v) is 5.87. The van der Waals surface area contributed by atoms with Crippen molar-refractivity contribution in [3.05, 3.63) is 34.9 Å². The minimum absolute atomic E-state index is 0.00511. The van der Waals surface area contributed by atoms with Crippen molar-refractivity contribution < 1.29 is 9.59 Å². The lowest BCUT2D eigenvalue weighted by atomic mass is 9.91. The van der Waals surface area contributed by atoms with Crippen LogP contribution in [0.25, 0.3) is 0 Å². The Hall–Kier alpha value is -1.55. The van der Waals surface area contributed by atoms with Crippen LogP contribution in [0.15, 0.2) is 24.3 Å². The van der Waals surface area contributed by atoms with Crippen molar-refractivity contribution >= 4 is 23.4 Å². The van der Waals surface area contributed by atoms with E-state index in [9.17, 15) is 9.59 Å². The number of piperidine rings is 1. The highest BCUT2D eigenvalue weighted by Crippen LogP contribution is 2.26. The van der Waals surface area contributed by atoms with Gasteiger partial charge in [-0.2, -0.15) is 0 Å². The van der Waals surface area contributed by atoms with E-state index in [1.165, 1.54) is 19.3 Å². The van der Waals surface area contributed by atoms with Crippen LogP contribution >= 0.6 is 11.6 Å². The van der Waals surface area contributed by atoms with Gasteiger partial charge in [0.25, 0.3) is 5.91 Å². The summed E-state index contributed by atoms with van der Waals surface area (Å²) in [5, 5.41) is 0.623. The molecule has 1 aliphatic carbocycles. The maximum Gasteiger partial charge on any atom is 0.253 e. The normalized spacial score (nSPS) is 21.8. The Morgan fingerprint density at radius 2 is 1.72 bits per heavy atom. The Bertz CT molecular complexity index is 611. The van der Waals surface area contributed by atoms with Gasteiger partial charge >= 0.3 is 0 Å². The maximum atomic E-state index is 12.9. The fourth-order valence-corrected chi connectivity index (χ4v) is 4.20. The Balaban J connectivity index is 1.62. The molecule has 0 aromatic heterocycles. The molecule has 1 saturated heterocycles. The number of hydrogen-bond acceptors (Lipinski definition) is 2. The molecular formula is C20H27ClN2O2. The molecule has 1 heterocycles. The molecule has 0 unspecified atom stereocenters. The van der Waals surface area contributed by atoms with E-state index in [0.717, 1.165) is 32.2 Å². The Morgan fingerprint density at radius 3 is 2.40 bits per heavy atom. The summed E-state index contributed by atoms with van der Waals surface area (Å²) in [5.41, 5.74) is 0.637. The molecule has 5 heteroatoms. The quantitative estimate of drug-likeness (QED) is 0.815. The number of benzene rings is 1. The van der Waals surface area contributed by atoms with Gasteiger partial charge in [0.1, 0.15) is 0 Å². The molecule has 2 amide bonds. The van der Waals surface area contributed by atoms with Gasteiger partial charge < -0.3 is 9.80 Å². The number of nitrogens with zero attached hydrogens (tertiary/aromatic N) is 2. The average Bonchev–Trinajstić information content (AvgIpc) is 2.67. The van der Waals surface area contributed by atoms with Crippen LogP contribution < -0.4 is 0 Å². The summed E-state index contributed by atoms with van der Waals surface area (Å²) >= 11 is 5.90. The molecule has 0 radical (unpaired) electrons. The fraction of sp³-hybridized carbons (Fsp3) is 0.600. The van der Waals surface area contributed by atoms with Crippen molar-refractivity contribution in [3.8, 4) is 0 Å². The number of carbonyl (C=O) groups is 2. The van der Waals surface area contributed by atoms with Gasteiger partial charge in [-0.3, -0.25) is 9.59 Å². The number of carbonyl (C=O) groups excluding carboxylic acids is 2. The van der Waals surface area contributed by atoms with Crippen LogP contribution in [0.1, 0.15) is 55.3 Å². The van der Waals surface area contributed by atoms with E-state index in [-0.39, 0.29) is 17.7 Å². The van der Waals surface area contributed by atoms with Gasteiger partial charge in [-0.1, -0.05) is 30.9 Å². The molecule has 1 aromatic carbocycles. The Morgan fingerprint density at radius 1 is 1.04 bits per heavy atom. The van der Waals surface area contributed by atoms with Gasteiger partial charge in [0.15, 0.2) is 0 Å². The second kappa shape index (κ2) is 8.22. The summed E-state index contributed by atoms with van der Waals surface area (Å²) in [6.45, 7) is 1.25. The molecule has 1 aromatic rings. The Labute approximate surface area is 155 Å². The number of rotatable bonds is 3. The van der Waals surface area contributed by atoms with Crippen LogP contribution in [0.2, 0.25) is 5.02 Å². The van der Waals surface area contributed by atoms with Gasteiger partial charge in [-0.15, -0.1) is 0 Å². The van der Waals surface area contributed by atoms with E-state index >= 15 is 0 Å². The average molecular weight is 363 g/mol. The van der Waals surface area contributed by atoms with Crippen LogP contribution in [-0.4, -0.2) is 47.8 Å².